The lowest BCUT2D eigenvalue weighted by Crippen LogP contribution is -2.44. The minimum Gasteiger partial charge on any atom is -0.495 e. The number of halogens is 1. The Morgan fingerprint density at radius 1 is 1.11 bits per heavy atom. The van der Waals surface area contributed by atoms with Gasteiger partial charge in [-0.05, 0) is 49.9 Å². The molecule has 200 valence electrons. The van der Waals surface area contributed by atoms with Crippen molar-refractivity contribution < 1.29 is 18.3 Å². The second-order valence-corrected chi connectivity index (χ2v) is 10.1. The molecule has 2 aromatic carbocycles. The molecule has 0 spiro atoms. The molecule has 0 unspecified atom stereocenters. The molecule has 0 amide bonds. The van der Waals surface area contributed by atoms with Crippen LogP contribution in [0.5, 0.6) is 17.2 Å². The lowest BCUT2D eigenvalue weighted by molar-refractivity contribution is 0.145. The van der Waals surface area contributed by atoms with Crippen molar-refractivity contribution in [1.29, 1.82) is 5.26 Å². The third-order valence-electron chi connectivity index (χ3n) is 7.12. The number of hydrogen-bond donors (Lipinski definition) is 1. The second kappa shape index (κ2) is 11.6. The lowest BCUT2D eigenvalue weighted by atomic mass is 10.0. The van der Waals surface area contributed by atoms with E-state index in [0.717, 1.165) is 55.5 Å². The number of fused-ring (bicyclic) bond motifs is 1. The fourth-order valence-corrected chi connectivity index (χ4v) is 5.08. The highest BCUT2D eigenvalue weighted by atomic mass is 35.5. The number of nitriles is 1. The van der Waals surface area contributed by atoms with Gasteiger partial charge in [0.25, 0.3) is 0 Å². The smallest absolute Gasteiger partial charge is 0.163 e. The summed E-state index contributed by atoms with van der Waals surface area (Å²) in [5.74, 6) is 2.09. The Morgan fingerprint density at radius 2 is 1.89 bits per heavy atom. The summed E-state index contributed by atoms with van der Waals surface area (Å²) < 4.78 is 40.0. The maximum absolute atomic E-state index is 9.91. The summed E-state index contributed by atoms with van der Waals surface area (Å²) in [6.45, 7) is 1.77. The number of rotatable bonds is 10. The number of piperazine rings is 1. The highest BCUT2D eigenvalue weighted by molar-refractivity contribution is 6.32. The van der Waals surface area contributed by atoms with E-state index in [1.807, 2.05) is 24.3 Å². The Hall–Kier alpha value is -3.25. The molecule has 1 saturated carbocycles. The van der Waals surface area contributed by atoms with Crippen molar-refractivity contribution in [2.75, 3.05) is 65.8 Å². The molecule has 9 heteroatoms. The van der Waals surface area contributed by atoms with Gasteiger partial charge >= 0.3 is 0 Å². The van der Waals surface area contributed by atoms with Crippen LogP contribution in [0.25, 0.3) is 10.9 Å². The summed E-state index contributed by atoms with van der Waals surface area (Å²) in [7, 11) is 3.17. The van der Waals surface area contributed by atoms with Gasteiger partial charge in [0, 0.05) is 66.2 Å². The standard InChI is InChI=1S/C29H34ClN5O3/c1-34-8-10-35(11-9-34)7-4-12-38-28-15-24-22(14-27(28)37-3)29(20(17-31)18-32-24)33-25-16-26(36-2)23(30)13-21(25)19-5-6-19/h13-16,18-19H,4-12H2,1-3H3,(H,32,33)/i1D3. The van der Waals surface area contributed by atoms with Crippen molar-refractivity contribution in [3.05, 3.63) is 46.6 Å². The molecule has 1 N–H and O–H groups in total. The van der Waals surface area contributed by atoms with E-state index in [-0.39, 0.29) is 0 Å². The van der Waals surface area contributed by atoms with E-state index < -0.39 is 6.98 Å². The van der Waals surface area contributed by atoms with E-state index in [1.54, 1.807) is 25.3 Å². The van der Waals surface area contributed by atoms with Gasteiger partial charge in [0.1, 0.15) is 11.8 Å². The Balaban J connectivity index is 1.33. The maximum Gasteiger partial charge on any atom is 0.163 e. The highest BCUT2D eigenvalue weighted by Crippen LogP contribution is 2.48. The Morgan fingerprint density at radius 3 is 2.58 bits per heavy atom. The van der Waals surface area contributed by atoms with Crippen LogP contribution >= 0.6 is 11.6 Å². The molecule has 0 radical (unpaired) electrons. The van der Waals surface area contributed by atoms with Crippen LogP contribution in [-0.2, 0) is 0 Å². The average molecular weight is 539 g/mol. The number of nitrogens with one attached hydrogen (secondary N) is 1. The summed E-state index contributed by atoms with van der Waals surface area (Å²) in [4.78, 5) is 8.34. The molecule has 5 rings (SSSR count). The first-order valence-corrected chi connectivity index (χ1v) is 13.2. The number of nitrogens with zero attached hydrogens (tertiary/aromatic N) is 4. The van der Waals surface area contributed by atoms with Gasteiger partial charge in [0.15, 0.2) is 11.5 Å². The van der Waals surface area contributed by atoms with E-state index in [0.29, 0.717) is 64.7 Å². The number of ether oxygens (including phenoxy) is 3. The van der Waals surface area contributed by atoms with Crippen LogP contribution in [0.4, 0.5) is 11.4 Å². The Bertz CT molecular complexity index is 1450. The molecule has 2 heterocycles. The number of anilines is 2. The predicted molar refractivity (Wildman–Crippen MR) is 150 cm³/mol. The van der Waals surface area contributed by atoms with Gasteiger partial charge < -0.3 is 29.3 Å². The van der Waals surface area contributed by atoms with Gasteiger partial charge in [0.2, 0.25) is 0 Å². The number of methoxy groups -OCH3 is 2. The summed E-state index contributed by atoms with van der Waals surface area (Å²) in [5.41, 5.74) is 3.64. The van der Waals surface area contributed by atoms with Crippen LogP contribution in [0.3, 0.4) is 0 Å². The molecule has 0 atom stereocenters. The van der Waals surface area contributed by atoms with Gasteiger partial charge in [0.05, 0.1) is 42.6 Å². The molecule has 1 aromatic heterocycles. The molecule has 1 saturated heterocycles. The maximum atomic E-state index is 9.91. The van der Waals surface area contributed by atoms with E-state index >= 15 is 0 Å². The number of likely N-dealkylation sites (N-methyl/N-ethyl adjacent to an activating group) is 1. The van der Waals surface area contributed by atoms with E-state index in [1.165, 1.54) is 0 Å². The van der Waals surface area contributed by atoms with E-state index in [9.17, 15) is 5.26 Å². The van der Waals surface area contributed by atoms with Crippen LogP contribution in [0.15, 0.2) is 30.5 Å². The quantitative estimate of drug-likeness (QED) is 0.343. The zero-order valence-electron chi connectivity index (χ0n) is 24.7. The van der Waals surface area contributed by atoms with Crippen LogP contribution < -0.4 is 19.5 Å². The predicted octanol–water partition coefficient (Wildman–Crippen LogP) is 5.41. The lowest BCUT2D eigenvalue weighted by Gasteiger charge is -2.32. The van der Waals surface area contributed by atoms with Crippen molar-refractivity contribution in [3.8, 4) is 23.3 Å². The number of pyridine rings is 1. The third kappa shape index (κ3) is 5.75. The minimum atomic E-state index is -2.03. The zero-order chi connectivity index (χ0) is 29.1. The van der Waals surface area contributed by atoms with Gasteiger partial charge in [-0.15, -0.1) is 0 Å². The first-order chi connectivity index (χ1) is 19.7. The van der Waals surface area contributed by atoms with Crippen LogP contribution in [0.1, 0.15) is 40.4 Å². The van der Waals surface area contributed by atoms with E-state index in [4.69, 9.17) is 29.9 Å². The molecule has 1 aliphatic heterocycles. The molecule has 2 fully saturated rings. The number of aromatic nitrogens is 1. The molecule has 0 bridgehead atoms. The van der Waals surface area contributed by atoms with Crippen LogP contribution in [-0.4, -0.2) is 75.3 Å². The molecular weight excluding hydrogens is 502 g/mol. The molecule has 38 heavy (non-hydrogen) atoms. The number of hydrogen-bond acceptors (Lipinski definition) is 8. The first-order valence-electron chi connectivity index (χ1n) is 14.4. The van der Waals surface area contributed by atoms with Gasteiger partial charge in [-0.1, -0.05) is 11.6 Å². The molecule has 2 aliphatic rings. The van der Waals surface area contributed by atoms with Gasteiger partial charge in [-0.2, -0.15) is 5.26 Å². The van der Waals surface area contributed by atoms with Gasteiger partial charge in [-0.25, -0.2) is 0 Å². The van der Waals surface area contributed by atoms with Crippen molar-refractivity contribution in [2.24, 2.45) is 0 Å². The number of benzene rings is 2. The summed E-state index contributed by atoms with van der Waals surface area (Å²) in [6, 6.07) is 9.75. The van der Waals surface area contributed by atoms with E-state index in [2.05, 4.69) is 21.3 Å². The fraction of sp³-hybridized carbons (Fsp3) is 0.448. The molecule has 3 aromatic rings. The van der Waals surface area contributed by atoms with Crippen LogP contribution in [0.2, 0.25) is 5.02 Å². The average Bonchev–Trinajstić information content (AvgIpc) is 3.81. The zero-order valence-corrected chi connectivity index (χ0v) is 22.5. The molecule has 8 nitrogen and oxygen atoms in total. The largest absolute Gasteiger partial charge is 0.495 e. The third-order valence-corrected chi connectivity index (χ3v) is 7.42. The van der Waals surface area contributed by atoms with Crippen molar-refractivity contribution in [3.63, 3.8) is 0 Å². The Labute approximate surface area is 233 Å². The fourth-order valence-electron chi connectivity index (χ4n) is 4.83. The first kappa shape index (κ1) is 22.7. The summed E-state index contributed by atoms with van der Waals surface area (Å²) in [6.07, 6.45) is 4.52. The normalized spacial score (nSPS) is 17.8. The van der Waals surface area contributed by atoms with Crippen molar-refractivity contribution in [1.82, 2.24) is 14.8 Å². The SMILES string of the molecule is [2H]C([2H])([2H])N1CCN(CCCOc2cc3ncc(C#N)c(Nc4cc(OC)c(Cl)cc4C4CC4)c3cc2OC)CC1. The monoisotopic (exact) mass is 538 g/mol. The van der Waals surface area contributed by atoms with Crippen LogP contribution in [0, 0.1) is 11.3 Å². The minimum absolute atomic E-state index is 0.405. The Kier molecular flexibility index (Phi) is 6.96. The topological polar surface area (TPSA) is 82.9 Å². The summed E-state index contributed by atoms with van der Waals surface area (Å²) in [5, 5.41) is 14.7. The second-order valence-electron chi connectivity index (χ2n) is 9.68. The summed E-state index contributed by atoms with van der Waals surface area (Å²) >= 11 is 6.43. The molecule has 1 aliphatic carbocycles. The highest BCUT2D eigenvalue weighted by Gasteiger charge is 2.28. The van der Waals surface area contributed by atoms with Gasteiger partial charge in [-0.3, -0.25) is 4.98 Å². The van der Waals surface area contributed by atoms with Crippen molar-refractivity contribution in [2.45, 2.75) is 25.2 Å². The van der Waals surface area contributed by atoms with Crippen molar-refractivity contribution >= 4 is 33.9 Å². The molecular formula is C29H34ClN5O3.